The Morgan fingerprint density at radius 3 is 2.00 bits per heavy atom. The van der Waals surface area contributed by atoms with Crippen molar-refractivity contribution in [3.63, 3.8) is 0 Å². The van der Waals surface area contributed by atoms with E-state index in [4.69, 9.17) is 0 Å². The topological polar surface area (TPSA) is 37.4 Å². The van der Waals surface area contributed by atoms with Gasteiger partial charge in [0.1, 0.15) is 5.78 Å². The predicted molar refractivity (Wildman–Crippen MR) is 54.6 cm³/mol. The Morgan fingerprint density at radius 1 is 1.31 bits per heavy atom. The van der Waals surface area contributed by atoms with Gasteiger partial charge < -0.3 is 9.69 Å². The molecule has 0 fully saturated rings. The molecule has 0 radical (unpaired) electrons. The number of hydrogen-bond donors (Lipinski definition) is 0. The minimum absolute atomic E-state index is 0.318. The number of rotatable bonds is 5. The van der Waals surface area contributed by atoms with Gasteiger partial charge in [-0.25, -0.2) is 0 Å². The molecule has 3 heteroatoms. The van der Waals surface area contributed by atoms with Crippen molar-refractivity contribution in [3.05, 3.63) is 0 Å². The van der Waals surface area contributed by atoms with Gasteiger partial charge in [0.05, 0.1) is 0 Å². The lowest BCUT2D eigenvalue weighted by atomic mass is 10.2. The highest BCUT2D eigenvalue weighted by Crippen LogP contribution is 1.98. The largest absolute Gasteiger partial charge is 0.351 e. The summed E-state index contributed by atoms with van der Waals surface area (Å²) in [7, 11) is 3.38. The van der Waals surface area contributed by atoms with E-state index in [1.54, 1.807) is 21.0 Å². The molecule has 0 aliphatic heterocycles. The molecule has 0 aliphatic carbocycles. The second-order valence-electron chi connectivity index (χ2n) is 3.23. The predicted octanol–water partition coefficient (Wildman–Crippen LogP) is 1.86. The van der Waals surface area contributed by atoms with Crippen LogP contribution in [-0.2, 0) is 9.59 Å². The molecule has 0 spiro atoms. The smallest absolute Gasteiger partial charge is 0.209 e. The van der Waals surface area contributed by atoms with Crippen molar-refractivity contribution in [1.82, 2.24) is 4.90 Å². The van der Waals surface area contributed by atoms with Crippen LogP contribution < -0.4 is 0 Å². The Hall–Kier alpha value is -0.860. The lowest BCUT2D eigenvalue weighted by molar-refractivity contribution is -0.117. The molecule has 0 aromatic carbocycles. The molecular weight excluding hydrogens is 166 g/mol. The van der Waals surface area contributed by atoms with E-state index in [2.05, 4.69) is 6.92 Å². The van der Waals surface area contributed by atoms with E-state index >= 15 is 0 Å². The molecule has 13 heavy (non-hydrogen) atoms. The normalized spacial score (nSPS) is 8.31. The Bertz CT molecular complexity index is 133. The number of hydrogen-bond acceptors (Lipinski definition) is 2. The second-order valence-corrected chi connectivity index (χ2v) is 3.23. The van der Waals surface area contributed by atoms with Gasteiger partial charge in [-0.2, -0.15) is 0 Å². The Labute approximate surface area is 81.1 Å². The van der Waals surface area contributed by atoms with Crippen molar-refractivity contribution < 1.29 is 9.59 Å². The minimum atomic E-state index is 0.318. The maximum Gasteiger partial charge on any atom is 0.209 e. The second kappa shape index (κ2) is 11.1. The summed E-state index contributed by atoms with van der Waals surface area (Å²) in [6.45, 7) is 3.79. The molecule has 0 N–H and O–H groups in total. The Kier molecular flexibility index (Phi) is 12.6. The van der Waals surface area contributed by atoms with Crippen LogP contribution in [0, 0.1) is 0 Å². The van der Waals surface area contributed by atoms with Gasteiger partial charge in [0.2, 0.25) is 6.41 Å². The quantitative estimate of drug-likeness (QED) is 0.486. The molecule has 0 saturated heterocycles. The van der Waals surface area contributed by atoms with Crippen LogP contribution in [0.15, 0.2) is 0 Å². The summed E-state index contributed by atoms with van der Waals surface area (Å²) in [5.41, 5.74) is 0. The van der Waals surface area contributed by atoms with Gasteiger partial charge in [0.15, 0.2) is 0 Å². The molecule has 0 saturated carbocycles. The van der Waals surface area contributed by atoms with E-state index in [0.29, 0.717) is 5.78 Å². The van der Waals surface area contributed by atoms with Gasteiger partial charge in [0.25, 0.3) is 0 Å². The zero-order chi connectivity index (χ0) is 10.7. The summed E-state index contributed by atoms with van der Waals surface area (Å²) in [6, 6.07) is 0. The molecule has 0 heterocycles. The number of carbonyl (C=O) groups excluding carboxylic acids is 2. The highest BCUT2D eigenvalue weighted by molar-refractivity contribution is 5.75. The van der Waals surface area contributed by atoms with Crippen molar-refractivity contribution in [3.8, 4) is 0 Å². The molecule has 0 aliphatic rings. The number of unbranched alkanes of at least 4 members (excludes halogenated alkanes) is 2. The van der Waals surface area contributed by atoms with Crippen LogP contribution in [0.3, 0.4) is 0 Å². The number of carbonyl (C=O) groups is 2. The summed E-state index contributed by atoms with van der Waals surface area (Å²) in [5.74, 6) is 0.318. The van der Waals surface area contributed by atoms with Crippen LogP contribution in [0.4, 0.5) is 0 Å². The molecule has 0 rings (SSSR count). The molecule has 0 bridgehead atoms. The van der Waals surface area contributed by atoms with Crippen molar-refractivity contribution in [2.75, 3.05) is 14.1 Å². The van der Waals surface area contributed by atoms with Crippen molar-refractivity contribution in [1.29, 1.82) is 0 Å². The number of nitrogens with zero attached hydrogens (tertiary/aromatic N) is 1. The third-order valence-electron chi connectivity index (χ3n) is 1.34. The monoisotopic (exact) mass is 187 g/mol. The molecule has 3 nitrogen and oxygen atoms in total. The zero-order valence-electron chi connectivity index (χ0n) is 9.17. The summed E-state index contributed by atoms with van der Waals surface area (Å²) in [4.78, 5) is 21.2. The van der Waals surface area contributed by atoms with E-state index < -0.39 is 0 Å². The average Bonchev–Trinajstić information content (AvgIpc) is 2.05. The third kappa shape index (κ3) is 24.7. The molecule has 78 valence electrons. The molecule has 0 atom stereocenters. The highest BCUT2D eigenvalue weighted by Gasteiger charge is 1.89. The molecule has 0 unspecified atom stereocenters. The minimum Gasteiger partial charge on any atom is -0.351 e. The van der Waals surface area contributed by atoms with Gasteiger partial charge in [0, 0.05) is 20.5 Å². The van der Waals surface area contributed by atoms with Gasteiger partial charge >= 0.3 is 0 Å². The van der Waals surface area contributed by atoms with Crippen LogP contribution in [0.25, 0.3) is 0 Å². The number of amides is 1. The van der Waals surface area contributed by atoms with Crippen LogP contribution in [0.5, 0.6) is 0 Å². The van der Waals surface area contributed by atoms with Gasteiger partial charge in [-0.15, -0.1) is 0 Å². The summed E-state index contributed by atoms with van der Waals surface area (Å²) >= 11 is 0. The Morgan fingerprint density at radius 2 is 1.77 bits per heavy atom. The summed E-state index contributed by atoms with van der Waals surface area (Å²) in [5, 5.41) is 0. The Balaban J connectivity index is 0. The van der Waals surface area contributed by atoms with Gasteiger partial charge in [-0.1, -0.05) is 19.8 Å². The van der Waals surface area contributed by atoms with Crippen LogP contribution in [-0.4, -0.2) is 31.2 Å². The number of Topliss-reactive ketones (excluding diaryl/α,β-unsaturated/α-hetero) is 1. The van der Waals surface area contributed by atoms with Crippen LogP contribution in [0.1, 0.15) is 39.5 Å². The van der Waals surface area contributed by atoms with Crippen LogP contribution >= 0.6 is 0 Å². The lowest BCUT2D eigenvalue weighted by Crippen LogP contribution is -2.06. The SMILES string of the molecule is CCCCCC(C)=O.CN(C)C=O. The van der Waals surface area contributed by atoms with Crippen molar-refractivity contribution >= 4 is 12.2 Å². The van der Waals surface area contributed by atoms with Crippen LogP contribution in [0.2, 0.25) is 0 Å². The van der Waals surface area contributed by atoms with E-state index in [-0.39, 0.29) is 0 Å². The zero-order valence-corrected chi connectivity index (χ0v) is 9.17. The fourth-order valence-electron chi connectivity index (χ4n) is 0.624. The molecular formula is C10H21NO2. The molecule has 0 aromatic rings. The van der Waals surface area contributed by atoms with Crippen molar-refractivity contribution in [2.24, 2.45) is 0 Å². The molecule has 0 aromatic heterocycles. The fourth-order valence-corrected chi connectivity index (χ4v) is 0.624. The standard InChI is InChI=1S/C7H14O.C3H7NO/c1-3-4-5-6-7(2)8;1-4(2)3-5/h3-6H2,1-2H3;3H,1-2H3. The van der Waals surface area contributed by atoms with E-state index in [1.807, 2.05) is 0 Å². The first-order valence-corrected chi connectivity index (χ1v) is 4.65. The van der Waals surface area contributed by atoms with Gasteiger partial charge in [-0.3, -0.25) is 4.79 Å². The first-order valence-electron chi connectivity index (χ1n) is 4.65. The maximum absolute atomic E-state index is 10.3. The summed E-state index contributed by atoms with van der Waals surface area (Å²) in [6.07, 6.45) is 4.99. The lowest BCUT2D eigenvalue weighted by Gasteiger charge is -1.93. The van der Waals surface area contributed by atoms with Crippen molar-refractivity contribution in [2.45, 2.75) is 39.5 Å². The van der Waals surface area contributed by atoms with E-state index in [9.17, 15) is 9.59 Å². The van der Waals surface area contributed by atoms with Gasteiger partial charge in [-0.05, 0) is 13.3 Å². The molecule has 1 amide bonds. The first kappa shape index (κ1) is 14.7. The third-order valence-corrected chi connectivity index (χ3v) is 1.34. The average molecular weight is 187 g/mol. The summed E-state index contributed by atoms with van der Waals surface area (Å²) < 4.78 is 0. The first-order chi connectivity index (χ1) is 6.04. The maximum atomic E-state index is 10.3. The van der Waals surface area contributed by atoms with E-state index in [1.165, 1.54) is 17.7 Å². The fraction of sp³-hybridized carbons (Fsp3) is 0.800. The number of ketones is 1. The van der Waals surface area contributed by atoms with E-state index in [0.717, 1.165) is 19.3 Å². The highest BCUT2D eigenvalue weighted by atomic mass is 16.1.